The smallest absolute Gasteiger partial charge is 0.0906 e. The molecule has 0 saturated heterocycles. The van der Waals surface area contributed by atoms with Crippen molar-refractivity contribution in [3.63, 3.8) is 0 Å². The highest BCUT2D eigenvalue weighted by atomic mass is 32.1. The monoisotopic (exact) mass is 152 g/mol. The fraction of sp³-hybridized carbons (Fsp3) is 1.00. The third-order valence-electron chi connectivity index (χ3n) is 0.786. The zero-order valence-corrected chi connectivity index (χ0v) is 5.91. The van der Waals surface area contributed by atoms with Crippen molar-refractivity contribution in [2.45, 2.75) is 12.2 Å². The summed E-state index contributed by atoms with van der Waals surface area (Å²) in [5, 5.41) is 17.4. The van der Waals surface area contributed by atoms with Gasteiger partial charge in [-0.05, 0) is 0 Å². The van der Waals surface area contributed by atoms with Crippen LogP contribution in [0.2, 0.25) is 0 Å². The molecule has 4 heteroatoms. The van der Waals surface area contributed by atoms with Gasteiger partial charge in [-0.15, -0.1) is 0 Å². The molecule has 0 aromatic heterocycles. The zero-order chi connectivity index (χ0) is 6.57. The van der Waals surface area contributed by atoms with Crippen molar-refractivity contribution in [2.24, 2.45) is 0 Å². The maximum atomic E-state index is 8.71. The first-order chi connectivity index (χ1) is 3.72. The predicted octanol–water partition coefficient (Wildman–Crippen LogP) is 0.103. The van der Waals surface area contributed by atoms with Crippen LogP contribution in [0.25, 0.3) is 0 Å². The summed E-state index contributed by atoms with van der Waals surface area (Å²) >= 11 is 8.92. The van der Waals surface area contributed by atoms with Crippen LogP contribution in [0.5, 0.6) is 0 Å². The van der Waals surface area contributed by atoms with E-state index in [1.165, 1.54) is 0 Å². The minimum absolute atomic E-state index is 0.151. The number of aliphatic hydroxyl groups excluding tert-OH is 2. The summed E-state index contributed by atoms with van der Waals surface area (Å²) in [7, 11) is 0. The first kappa shape index (κ1) is 8.62. The van der Waals surface area contributed by atoms with E-state index in [9.17, 15) is 0 Å². The fourth-order valence-corrected chi connectivity index (χ4v) is 0.666. The molecule has 0 amide bonds. The van der Waals surface area contributed by atoms with Gasteiger partial charge in [0.1, 0.15) is 0 Å². The van der Waals surface area contributed by atoms with E-state index in [0.29, 0.717) is 0 Å². The van der Waals surface area contributed by atoms with Gasteiger partial charge in [-0.1, -0.05) is 25.3 Å². The number of hydrogen-bond acceptors (Lipinski definition) is 2. The Labute approximate surface area is 59.7 Å². The van der Waals surface area contributed by atoms with Gasteiger partial charge in [0.25, 0.3) is 0 Å². The van der Waals surface area contributed by atoms with Crippen molar-refractivity contribution < 1.29 is 10.2 Å². The van der Waals surface area contributed by atoms with E-state index < -0.39 is 12.2 Å². The quantitative estimate of drug-likeness (QED) is 0.602. The van der Waals surface area contributed by atoms with Crippen LogP contribution in [0.1, 0.15) is 0 Å². The Morgan fingerprint density at radius 3 is 1.38 bits per heavy atom. The number of hydrogen-bond donors (Lipinski definition) is 2. The lowest BCUT2D eigenvalue weighted by Gasteiger charge is -2.10. The molecular formula is C4H8O2S2. The summed E-state index contributed by atoms with van der Waals surface area (Å²) in [6.07, 6.45) is -1.63. The van der Waals surface area contributed by atoms with Crippen LogP contribution in [0.15, 0.2) is 0 Å². The van der Waals surface area contributed by atoms with E-state index in [0.717, 1.165) is 0 Å². The maximum Gasteiger partial charge on any atom is 0.0906 e. The molecule has 0 aliphatic heterocycles. The largest absolute Gasteiger partial charge is 0.390 e. The molecular weight excluding hydrogens is 144 g/mol. The molecule has 0 bridgehead atoms. The topological polar surface area (TPSA) is 40.5 Å². The van der Waals surface area contributed by atoms with Gasteiger partial charge in [-0.25, -0.2) is 0 Å². The normalized spacial score (nSPS) is 18.0. The zero-order valence-electron chi connectivity index (χ0n) is 4.28. The van der Waals surface area contributed by atoms with Crippen LogP contribution in [-0.2, 0) is 0 Å². The predicted molar refractivity (Wildman–Crippen MR) is 36.9 cm³/mol. The fourth-order valence-electron chi connectivity index (χ4n) is 0.222. The van der Waals surface area contributed by atoms with Crippen molar-refractivity contribution in [3.05, 3.63) is 0 Å². The van der Waals surface area contributed by atoms with Gasteiger partial charge in [-0.3, -0.25) is 0 Å². The van der Waals surface area contributed by atoms with E-state index in [1.54, 1.807) is 0 Å². The molecule has 2 N–H and O–H groups in total. The van der Waals surface area contributed by atoms with Gasteiger partial charge in [0.2, 0.25) is 0 Å². The summed E-state index contributed by atoms with van der Waals surface area (Å²) in [6.45, 7) is 0. The lowest BCUT2D eigenvalue weighted by Crippen LogP contribution is -2.28. The average molecular weight is 152 g/mol. The van der Waals surface area contributed by atoms with Crippen molar-refractivity contribution in [1.29, 1.82) is 0 Å². The molecule has 0 rings (SSSR count). The maximum absolute atomic E-state index is 8.71. The molecule has 0 fully saturated rings. The van der Waals surface area contributed by atoms with Crippen LogP contribution >= 0.6 is 25.3 Å². The van der Waals surface area contributed by atoms with Gasteiger partial charge in [0.15, 0.2) is 0 Å². The molecule has 48 valence electrons. The lowest BCUT2D eigenvalue weighted by molar-refractivity contribution is 0.0504. The third-order valence-corrected chi connectivity index (χ3v) is 1.47. The first-order valence-corrected chi connectivity index (χ1v) is 3.40. The number of aliphatic hydroxyl groups is 2. The second kappa shape index (κ2) is 4.49. The second-order valence-electron chi connectivity index (χ2n) is 1.47. The highest BCUT2D eigenvalue weighted by molar-refractivity contribution is 7.80. The minimum Gasteiger partial charge on any atom is -0.390 e. The summed E-state index contributed by atoms with van der Waals surface area (Å²) in [4.78, 5) is 0. The average Bonchev–Trinajstić information content (AvgIpc) is 1.84. The summed E-state index contributed by atoms with van der Waals surface area (Å²) in [5.74, 6) is 0.301. The van der Waals surface area contributed by atoms with E-state index in [4.69, 9.17) is 10.2 Å². The van der Waals surface area contributed by atoms with Crippen LogP contribution in [0, 0.1) is 0 Å². The third kappa shape index (κ3) is 2.81. The van der Waals surface area contributed by atoms with Crippen molar-refractivity contribution in [2.75, 3.05) is 11.5 Å². The van der Waals surface area contributed by atoms with Crippen LogP contribution in [-0.4, -0.2) is 33.9 Å². The molecule has 8 heavy (non-hydrogen) atoms. The van der Waals surface area contributed by atoms with Gasteiger partial charge in [-0.2, -0.15) is 0 Å². The molecule has 0 unspecified atom stereocenters. The molecule has 2 atom stereocenters. The summed E-state index contributed by atoms with van der Waals surface area (Å²) < 4.78 is 0. The van der Waals surface area contributed by atoms with E-state index in [1.807, 2.05) is 0 Å². The molecule has 2 nitrogen and oxygen atoms in total. The first-order valence-electron chi connectivity index (χ1n) is 2.24. The molecule has 0 heterocycles. The SMILES string of the molecule is O[C@H](C[S])[C@H](O)C[S]. The summed E-state index contributed by atoms with van der Waals surface area (Å²) in [5.41, 5.74) is 0. The van der Waals surface area contributed by atoms with Crippen LogP contribution < -0.4 is 0 Å². The van der Waals surface area contributed by atoms with E-state index >= 15 is 0 Å². The molecule has 0 aliphatic carbocycles. The number of rotatable bonds is 3. The van der Waals surface area contributed by atoms with Crippen LogP contribution in [0.3, 0.4) is 0 Å². The Bertz CT molecular complexity index is 52.0. The summed E-state index contributed by atoms with van der Waals surface area (Å²) in [6, 6.07) is 0. The second-order valence-corrected chi connectivity index (χ2v) is 2.13. The van der Waals surface area contributed by atoms with Crippen LogP contribution in [0.4, 0.5) is 0 Å². The Morgan fingerprint density at radius 2 is 1.25 bits per heavy atom. The van der Waals surface area contributed by atoms with Crippen molar-refractivity contribution in [1.82, 2.24) is 0 Å². The minimum atomic E-state index is -0.817. The molecule has 0 aromatic rings. The van der Waals surface area contributed by atoms with E-state index in [-0.39, 0.29) is 11.5 Å². The Morgan fingerprint density at radius 1 is 1.00 bits per heavy atom. The van der Waals surface area contributed by atoms with Crippen molar-refractivity contribution >= 4 is 25.3 Å². The Balaban J connectivity index is 3.29. The molecule has 0 saturated carbocycles. The van der Waals surface area contributed by atoms with Gasteiger partial charge >= 0.3 is 0 Å². The standard InChI is InChI=1S/C4H8O2S2/c5-3(1-7)4(6)2-8/h3-6H,1-2H2/t3-,4-/m1/s1. The molecule has 2 radical (unpaired) electrons. The van der Waals surface area contributed by atoms with Crippen molar-refractivity contribution in [3.8, 4) is 0 Å². The van der Waals surface area contributed by atoms with E-state index in [2.05, 4.69) is 25.3 Å². The highest BCUT2D eigenvalue weighted by Gasteiger charge is 2.11. The Hall–Kier alpha value is 0.620. The molecule has 0 aliphatic rings. The molecule has 0 spiro atoms. The van der Waals surface area contributed by atoms with Gasteiger partial charge < -0.3 is 10.2 Å². The highest BCUT2D eigenvalue weighted by Crippen LogP contribution is 1.96. The Kier molecular flexibility index (Phi) is 4.84. The van der Waals surface area contributed by atoms with Gasteiger partial charge in [0.05, 0.1) is 12.2 Å². The molecule has 0 aromatic carbocycles. The lowest BCUT2D eigenvalue weighted by atomic mass is 10.3. The van der Waals surface area contributed by atoms with Gasteiger partial charge in [0, 0.05) is 11.5 Å².